The maximum atomic E-state index is 12.3. The molecule has 8 nitrogen and oxygen atoms in total. The van der Waals surface area contributed by atoms with E-state index in [0.717, 1.165) is 5.56 Å². The first-order valence-electron chi connectivity index (χ1n) is 8.02. The highest BCUT2D eigenvalue weighted by Gasteiger charge is 2.36. The second kappa shape index (κ2) is 9.03. The van der Waals surface area contributed by atoms with Crippen molar-refractivity contribution in [2.45, 2.75) is 31.5 Å². The third kappa shape index (κ3) is 5.18. The van der Waals surface area contributed by atoms with E-state index < -0.39 is 30.1 Å². The summed E-state index contributed by atoms with van der Waals surface area (Å²) in [4.78, 5) is 37.1. The third-order valence-electron chi connectivity index (χ3n) is 3.94. The molecule has 0 aromatic heterocycles. The molecule has 136 valence electrons. The molecular formula is C17H22N2O6. The van der Waals surface area contributed by atoms with Crippen molar-refractivity contribution >= 4 is 18.0 Å². The van der Waals surface area contributed by atoms with Gasteiger partial charge in [0.1, 0.15) is 12.6 Å². The molecule has 0 bridgehead atoms. The fraction of sp³-hybridized carbons (Fsp3) is 0.471. The summed E-state index contributed by atoms with van der Waals surface area (Å²) in [6, 6.07) is 7.34. The van der Waals surface area contributed by atoms with Crippen molar-refractivity contribution in [3.63, 3.8) is 0 Å². The number of aliphatic carboxylic acids is 1. The van der Waals surface area contributed by atoms with E-state index in [2.05, 4.69) is 5.32 Å². The van der Waals surface area contributed by atoms with Crippen LogP contribution in [0.1, 0.15) is 18.4 Å². The Labute approximate surface area is 145 Å². The largest absolute Gasteiger partial charge is 0.480 e. The molecule has 0 unspecified atom stereocenters. The van der Waals surface area contributed by atoms with Crippen molar-refractivity contribution in [3.05, 3.63) is 35.9 Å². The van der Waals surface area contributed by atoms with Gasteiger partial charge in [0, 0.05) is 13.7 Å². The Bertz CT molecular complexity index is 606. The highest BCUT2D eigenvalue weighted by atomic mass is 16.6. The lowest BCUT2D eigenvalue weighted by molar-refractivity contribution is -0.143. The van der Waals surface area contributed by atoms with Crippen molar-refractivity contribution < 1.29 is 29.0 Å². The van der Waals surface area contributed by atoms with Gasteiger partial charge >= 0.3 is 12.1 Å². The zero-order valence-corrected chi connectivity index (χ0v) is 14.0. The predicted molar refractivity (Wildman–Crippen MR) is 87.8 cm³/mol. The third-order valence-corrected chi connectivity index (χ3v) is 3.94. The number of carbonyl (C=O) groups excluding carboxylic acids is 2. The maximum absolute atomic E-state index is 12.3. The number of methoxy groups -OCH3 is 1. The first-order chi connectivity index (χ1) is 12.0. The summed E-state index contributed by atoms with van der Waals surface area (Å²) in [5.41, 5.74) is 0.849. The van der Waals surface area contributed by atoms with Gasteiger partial charge in [-0.15, -0.1) is 0 Å². The Morgan fingerprint density at radius 3 is 2.68 bits per heavy atom. The number of nitrogens with zero attached hydrogens (tertiary/aromatic N) is 1. The molecule has 1 fully saturated rings. The molecule has 8 heteroatoms. The second-order valence-corrected chi connectivity index (χ2v) is 5.75. The molecule has 1 aliphatic rings. The van der Waals surface area contributed by atoms with Gasteiger partial charge < -0.3 is 19.9 Å². The topological polar surface area (TPSA) is 105 Å². The number of benzene rings is 1. The lowest BCUT2D eigenvalue weighted by Gasteiger charge is -2.24. The molecule has 1 saturated heterocycles. The minimum Gasteiger partial charge on any atom is -0.480 e. The quantitative estimate of drug-likeness (QED) is 0.760. The summed E-state index contributed by atoms with van der Waals surface area (Å²) in [7, 11) is 1.35. The van der Waals surface area contributed by atoms with Crippen LogP contribution in [0.5, 0.6) is 0 Å². The molecule has 0 aliphatic carbocycles. The molecule has 2 rings (SSSR count). The van der Waals surface area contributed by atoms with Gasteiger partial charge in [-0.3, -0.25) is 9.69 Å². The molecule has 2 amide bonds. The Morgan fingerprint density at radius 1 is 1.32 bits per heavy atom. The van der Waals surface area contributed by atoms with Crippen LogP contribution in [-0.4, -0.2) is 60.3 Å². The average Bonchev–Trinajstić information content (AvgIpc) is 3.10. The average molecular weight is 350 g/mol. The Hall–Kier alpha value is -2.61. The smallest absolute Gasteiger partial charge is 0.410 e. The predicted octanol–water partition coefficient (Wildman–Crippen LogP) is 1.00. The molecule has 1 aromatic carbocycles. The molecule has 25 heavy (non-hydrogen) atoms. The van der Waals surface area contributed by atoms with Crippen molar-refractivity contribution in [3.8, 4) is 0 Å². The van der Waals surface area contributed by atoms with E-state index in [0.29, 0.717) is 19.4 Å². The number of nitrogens with one attached hydrogen (secondary N) is 1. The molecule has 2 atom stereocenters. The lowest BCUT2D eigenvalue weighted by atomic mass is 10.2. The van der Waals surface area contributed by atoms with Crippen LogP contribution in [0.3, 0.4) is 0 Å². The van der Waals surface area contributed by atoms with Crippen LogP contribution < -0.4 is 5.32 Å². The zero-order chi connectivity index (χ0) is 18.2. The Morgan fingerprint density at radius 2 is 2.04 bits per heavy atom. The first kappa shape index (κ1) is 18.7. The van der Waals surface area contributed by atoms with Gasteiger partial charge in [0.15, 0.2) is 6.04 Å². The number of rotatable bonds is 7. The maximum Gasteiger partial charge on any atom is 0.410 e. The Kier molecular flexibility index (Phi) is 6.76. The normalized spacial score (nSPS) is 17.8. The number of carboxylic acid groups (broad SMARTS) is 1. The minimum absolute atomic E-state index is 0.117. The summed E-state index contributed by atoms with van der Waals surface area (Å²) in [6.45, 7) is 0.367. The highest BCUT2D eigenvalue weighted by Crippen LogP contribution is 2.19. The van der Waals surface area contributed by atoms with E-state index in [-0.39, 0.29) is 13.2 Å². The monoisotopic (exact) mass is 350 g/mol. The van der Waals surface area contributed by atoms with E-state index >= 15 is 0 Å². The number of carbonyl (C=O) groups is 3. The van der Waals surface area contributed by atoms with Gasteiger partial charge in [-0.1, -0.05) is 30.3 Å². The van der Waals surface area contributed by atoms with Crippen molar-refractivity contribution in [2.75, 3.05) is 20.3 Å². The fourth-order valence-electron chi connectivity index (χ4n) is 2.67. The van der Waals surface area contributed by atoms with E-state index in [1.54, 1.807) is 0 Å². The Balaban J connectivity index is 1.92. The van der Waals surface area contributed by atoms with Gasteiger partial charge in [-0.2, -0.15) is 0 Å². The summed E-state index contributed by atoms with van der Waals surface area (Å²) < 4.78 is 10.0. The van der Waals surface area contributed by atoms with Crippen LogP contribution in [0, 0.1) is 0 Å². The summed E-state index contributed by atoms with van der Waals surface area (Å²) >= 11 is 0. The fourth-order valence-corrected chi connectivity index (χ4v) is 2.67. The van der Waals surface area contributed by atoms with Gasteiger partial charge in [0.25, 0.3) is 0 Å². The van der Waals surface area contributed by atoms with Crippen LogP contribution >= 0.6 is 0 Å². The molecule has 1 aromatic rings. The molecule has 0 saturated carbocycles. The molecule has 0 spiro atoms. The lowest BCUT2D eigenvalue weighted by Crippen LogP contribution is -2.52. The number of hydrogen-bond donors (Lipinski definition) is 2. The summed E-state index contributed by atoms with van der Waals surface area (Å²) in [6.07, 6.45) is 0.534. The van der Waals surface area contributed by atoms with Crippen LogP contribution in [-0.2, 0) is 25.7 Å². The molecule has 1 aliphatic heterocycles. The summed E-state index contributed by atoms with van der Waals surface area (Å²) in [5, 5.41) is 11.5. The van der Waals surface area contributed by atoms with Crippen LogP contribution in [0.2, 0.25) is 0 Å². The molecule has 1 heterocycles. The number of ether oxygens (including phenoxy) is 2. The number of hydrogen-bond acceptors (Lipinski definition) is 5. The van der Waals surface area contributed by atoms with Crippen LogP contribution in [0.25, 0.3) is 0 Å². The standard InChI is InChI=1S/C17H22N2O6/c1-24-11-13(16(21)22)18-15(20)14-8-5-9-19(14)17(23)25-10-12-6-3-2-4-7-12/h2-4,6-7,13-14H,5,8-11H2,1H3,(H,18,20)(H,21,22)/t13-,14+/m0/s1. The van der Waals surface area contributed by atoms with E-state index in [1.165, 1.54) is 12.0 Å². The van der Waals surface area contributed by atoms with E-state index in [9.17, 15) is 14.4 Å². The SMILES string of the molecule is COC[C@H](NC(=O)[C@H]1CCCN1C(=O)OCc1ccccc1)C(=O)O. The molecule has 0 radical (unpaired) electrons. The molecule has 2 N–H and O–H groups in total. The van der Waals surface area contributed by atoms with E-state index in [1.807, 2.05) is 30.3 Å². The van der Waals surface area contributed by atoms with Gasteiger partial charge in [0.2, 0.25) is 5.91 Å². The van der Waals surface area contributed by atoms with Crippen molar-refractivity contribution in [1.82, 2.24) is 10.2 Å². The molecular weight excluding hydrogens is 328 g/mol. The van der Waals surface area contributed by atoms with Crippen molar-refractivity contribution in [2.24, 2.45) is 0 Å². The second-order valence-electron chi connectivity index (χ2n) is 5.75. The van der Waals surface area contributed by atoms with E-state index in [4.69, 9.17) is 14.6 Å². The number of amides is 2. The highest BCUT2D eigenvalue weighted by molar-refractivity contribution is 5.89. The number of likely N-dealkylation sites (tertiary alicyclic amines) is 1. The first-order valence-corrected chi connectivity index (χ1v) is 8.02. The summed E-state index contributed by atoms with van der Waals surface area (Å²) in [5.74, 6) is -1.70. The van der Waals surface area contributed by atoms with Gasteiger partial charge in [-0.05, 0) is 18.4 Å². The van der Waals surface area contributed by atoms with Gasteiger partial charge in [-0.25, -0.2) is 9.59 Å². The number of carboxylic acids is 1. The van der Waals surface area contributed by atoms with Crippen LogP contribution in [0.15, 0.2) is 30.3 Å². The van der Waals surface area contributed by atoms with Crippen LogP contribution in [0.4, 0.5) is 4.79 Å². The minimum atomic E-state index is -1.19. The van der Waals surface area contributed by atoms with Gasteiger partial charge in [0.05, 0.1) is 6.61 Å². The van der Waals surface area contributed by atoms with Crippen molar-refractivity contribution in [1.29, 1.82) is 0 Å². The zero-order valence-electron chi connectivity index (χ0n) is 14.0.